The summed E-state index contributed by atoms with van der Waals surface area (Å²) in [6.45, 7) is 3.09. The van der Waals surface area contributed by atoms with Gasteiger partial charge in [0.2, 0.25) is 0 Å². The third kappa shape index (κ3) is 2.99. The zero-order valence-corrected chi connectivity index (χ0v) is 16.3. The van der Waals surface area contributed by atoms with E-state index in [1.807, 2.05) is 0 Å². The molecule has 0 spiro atoms. The largest absolute Gasteiger partial charge is 0.341 e. The van der Waals surface area contributed by atoms with E-state index in [1.54, 1.807) is 18.3 Å². The molecule has 0 unspecified atom stereocenters. The third-order valence-electron chi connectivity index (χ3n) is 4.46. The highest BCUT2D eigenvalue weighted by Crippen LogP contribution is 2.34. The van der Waals surface area contributed by atoms with Crippen molar-refractivity contribution in [3.8, 4) is 0 Å². The summed E-state index contributed by atoms with van der Waals surface area (Å²) in [5.41, 5.74) is 4.06. The lowest BCUT2D eigenvalue weighted by Gasteiger charge is -2.03. The standard InChI is InChI=1S/C21H15Cl3N2/c1-2-26-20-6-4-3-5-14(20)15-9-13(7-8-21(15)26)12-25-19-11-17(23)16(22)10-18(19)24/h3-12H,2H2,1H3. The van der Waals surface area contributed by atoms with Crippen LogP contribution >= 0.6 is 34.8 Å². The van der Waals surface area contributed by atoms with Crippen LogP contribution in [0.2, 0.25) is 15.1 Å². The molecule has 1 heterocycles. The van der Waals surface area contributed by atoms with Gasteiger partial charge in [-0.05, 0) is 42.8 Å². The molecule has 0 amide bonds. The number of rotatable bonds is 3. The minimum Gasteiger partial charge on any atom is -0.341 e. The number of fused-ring (bicyclic) bond motifs is 3. The molecular formula is C21H15Cl3N2. The van der Waals surface area contributed by atoms with Gasteiger partial charge >= 0.3 is 0 Å². The fourth-order valence-electron chi connectivity index (χ4n) is 3.25. The maximum atomic E-state index is 6.20. The van der Waals surface area contributed by atoms with Gasteiger partial charge in [-0.1, -0.05) is 59.1 Å². The monoisotopic (exact) mass is 400 g/mol. The predicted molar refractivity (Wildman–Crippen MR) is 114 cm³/mol. The van der Waals surface area contributed by atoms with Gasteiger partial charge in [-0.25, -0.2) is 0 Å². The molecule has 26 heavy (non-hydrogen) atoms. The molecular weight excluding hydrogens is 387 g/mol. The van der Waals surface area contributed by atoms with E-state index in [0.29, 0.717) is 20.8 Å². The molecule has 0 bridgehead atoms. The van der Waals surface area contributed by atoms with E-state index < -0.39 is 0 Å². The average Bonchev–Trinajstić information content (AvgIpc) is 2.96. The van der Waals surface area contributed by atoms with E-state index >= 15 is 0 Å². The van der Waals surface area contributed by atoms with E-state index in [1.165, 1.54) is 21.8 Å². The van der Waals surface area contributed by atoms with Crippen molar-refractivity contribution in [1.29, 1.82) is 0 Å². The molecule has 4 aromatic rings. The Morgan fingerprint density at radius 3 is 2.38 bits per heavy atom. The van der Waals surface area contributed by atoms with E-state index in [0.717, 1.165) is 12.1 Å². The third-order valence-corrected chi connectivity index (χ3v) is 5.48. The number of hydrogen-bond donors (Lipinski definition) is 0. The minimum absolute atomic E-state index is 0.421. The van der Waals surface area contributed by atoms with Crippen LogP contribution in [-0.2, 0) is 6.54 Å². The van der Waals surface area contributed by atoms with Crippen molar-refractivity contribution in [1.82, 2.24) is 4.57 Å². The van der Waals surface area contributed by atoms with Crippen LogP contribution in [0.1, 0.15) is 12.5 Å². The van der Waals surface area contributed by atoms with E-state index in [-0.39, 0.29) is 0 Å². The summed E-state index contributed by atoms with van der Waals surface area (Å²) < 4.78 is 2.32. The Balaban J connectivity index is 1.81. The first kappa shape index (κ1) is 17.4. The minimum atomic E-state index is 0.421. The smallest absolute Gasteiger partial charge is 0.0831 e. The SMILES string of the molecule is CCn1c2ccccc2c2cc(C=Nc3cc(Cl)c(Cl)cc3Cl)ccc21. The van der Waals surface area contributed by atoms with E-state index in [2.05, 4.69) is 58.9 Å². The van der Waals surface area contributed by atoms with Crippen LogP contribution in [0.3, 0.4) is 0 Å². The van der Waals surface area contributed by atoms with Gasteiger partial charge in [0.05, 0.1) is 20.8 Å². The maximum absolute atomic E-state index is 6.20. The van der Waals surface area contributed by atoms with Crippen LogP contribution in [0.25, 0.3) is 21.8 Å². The summed E-state index contributed by atoms with van der Waals surface area (Å²) in [6, 6.07) is 18.1. The summed E-state index contributed by atoms with van der Waals surface area (Å²) in [5, 5.41) is 3.78. The van der Waals surface area contributed by atoms with Crippen molar-refractivity contribution in [2.24, 2.45) is 4.99 Å². The number of nitrogens with zero attached hydrogens (tertiary/aromatic N) is 2. The summed E-state index contributed by atoms with van der Waals surface area (Å²) in [4.78, 5) is 4.48. The highest BCUT2D eigenvalue weighted by molar-refractivity contribution is 6.44. The molecule has 0 saturated carbocycles. The van der Waals surface area contributed by atoms with Gasteiger partial charge in [0.25, 0.3) is 0 Å². The van der Waals surface area contributed by atoms with Gasteiger partial charge in [0.1, 0.15) is 0 Å². The fraction of sp³-hybridized carbons (Fsp3) is 0.0952. The van der Waals surface area contributed by atoms with Gasteiger partial charge in [0, 0.05) is 34.6 Å². The zero-order chi connectivity index (χ0) is 18.3. The second-order valence-corrected chi connectivity index (χ2v) is 7.24. The zero-order valence-electron chi connectivity index (χ0n) is 14.0. The summed E-state index contributed by atoms with van der Waals surface area (Å²) in [6.07, 6.45) is 1.79. The van der Waals surface area contributed by atoms with Crippen molar-refractivity contribution < 1.29 is 0 Å². The van der Waals surface area contributed by atoms with Crippen LogP contribution in [0.5, 0.6) is 0 Å². The molecule has 0 aliphatic carbocycles. The first-order chi connectivity index (χ1) is 12.6. The Hall–Kier alpha value is -2.00. The summed E-state index contributed by atoms with van der Waals surface area (Å²) in [7, 11) is 0. The Kier molecular flexibility index (Phi) is 4.66. The van der Waals surface area contributed by atoms with Crippen molar-refractivity contribution in [3.63, 3.8) is 0 Å². The van der Waals surface area contributed by atoms with Crippen LogP contribution in [-0.4, -0.2) is 10.8 Å². The van der Waals surface area contributed by atoms with Crippen LogP contribution in [0, 0.1) is 0 Å². The quantitative estimate of drug-likeness (QED) is 0.249. The molecule has 0 aliphatic heterocycles. The number of hydrogen-bond acceptors (Lipinski definition) is 1. The second kappa shape index (κ2) is 6.96. The Labute approximate surface area is 166 Å². The van der Waals surface area contributed by atoms with E-state index in [9.17, 15) is 0 Å². The molecule has 130 valence electrons. The number of benzene rings is 3. The van der Waals surface area contributed by atoms with Gasteiger partial charge in [0.15, 0.2) is 0 Å². The molecule has 0 N–H and O–H groups in total. The van der Waals surface area contributed by atoms with Gasteiger partial charge in [-0.15, -0.1) is 0 Å². The number of para-hydroxylation sites is 1. The number of halogens is 3. The molecule has 1 aromatic heterocycles. The van der Waals surface area contributed by atoms with Crippen LogP contribution < -0.4 is 0 Å². The molecule has 0 fully saturated rings. The topological polar surface area (TPSA) is 17.3 Å². The highest BCUT2D eigenvalue weighted by atomic mass is 35.5. The van der Waals surface area contributed by atoms with Crippen LogP contribution in [0.15, 0.2) is 59.6 Å². The number of aromatic nitrogens is 1. The lowest BCUT2D eigenvalue weighted by Crippen LogP contribution is -1.92. The summed E-state index contributed by atoms with van der Waals surface area (Å²) in [5.74, 6) is 0. The predicted octanol–water partition coefficient (Wildman–Crippen LogP) is 7.53. The molecule has 0 saturated heterocycles. The molecule has 3 aromatic carbocycles. The van der Waals surface area contributed by atoms with Crippen molar-refractivity contribution in [3.05, 3.63) is 75.2 Å². The highest BCUT2D eigenvalue weighted by Gasteiger charge is 2.09. The average molecular weight is 402 g/mol. The number of aryl methyl sites for hydroxylation is 1. The maximum Gasteiger partial charge on any atom is 0.0831 e. The van der Waals surface area contributed by atoms with Gasteiger partial charge < -0.3 is 4.57 Å². The first-order valence-corrected chi connectivity index (χ1v) is 9.41. The fourth-order valence-corrected chi connectivity index (χ4v) is 3.84. The normalized spacial score (nSPS) is 11.8. The van der Waals surface area contributed by atoms with Crippen molar-refractivity contribution in [2.75, 3.05) is 0 Å². The van der Waals surface area contributed by atoms with Gasteiger partial charge in [-0.2, -0.15) is 0 Å². The Morgan fingerprint density at radius 1 is 0.846 bits per heavy atom. The second-order valence-electron chi connectivity index (χ2n) is 6.01. The molecule has 0 aliphatic rings. The molecule has 5 heteroatoms. The molecule has 0 atom stereocenters. The molecule has 0 radical (unpaired) electrons. The lowest BCUT2D eigenvalue weighted by atomic mass is 10.1. The molecule has 4 rings (SSSR count). The van der Waals surface area contributed by atoms with E-state index in [4.69, 9.17) is 34.8 Å². The first-order valence-electron chi connectivity index (χ1n) is 8.28. The molecule has 2 nitrogen and oxygen atoms in total. The van der Waals surface area contributed by atoms with Crippen molar-refractivity contribution >= 4 is 68.5 Å². The van der Waals surface area contributed by atoms with Crippen molar-refractivity contribution in [2.45, 2.75) is 13.5 Å². The Bertz CT molecular complexity index is 1160. The number of aliphatic imine (C=N–C) groups is 1. The Morgan fingerprint density at radius 2 is 1.58 bits per heavy atom. The van der Waals surface area contributed by atoms with Gasteiger partial charge in [-0.3, -0.25) is 4.99 Å². The summed E-state index contributed by atoms with van der Waals surface area (Å²) >= 11 is 18.2. The van der Waals surface area contributed by atoms with Crippen LogP contribution in [0.4, 0.5) is 5.69 Å². The lowest BCUT2D eigenvalue weighted by molar-refractivity contribution is 0.827.